The summed E-state index contributed by atoms with van der Waals surface area (Å²) >= 11 is 0. The summed E-state index contributed by atoms with van der Waals surface area (Å²) in [6.45, 7) is 5.30. The van der Waals surface area contributed by atoms with Crippen LogP contribution in [0.5, 0.6) is 0 Å². The molecule has 0 saturated carbocycles. The summed E-state index contributed by atoms with van der Waals surface area (Å²) in [4.78, 5) is 50.5. The SMILES string of the molecule is CCOC(=O)C(NC(=O)CC1c2ccccc2CCN1C(C)=O)C(=O)OCC. The molecule has 28 heavy (non-hydrogen) atoms. The van der Waals surface area contributed by atoms with Gasteiger partial charge in [0.1, 0.15) is 0 Å². The third kappa shape index (κ3) is 5.09. The number of hydrogen-bond acceptors (Lipinski definition) is 6. The molecule has 8 heteroatoms. The highest BCUT2D eigenvalue weighted by atomic mass is 16.6. The number of carbonyl (C=O) groups is 4. The minimum Gasteiger partial charge on any atom is -0.464 e. The summed E-state index contributed by atoms with van der Waals surface area (Å²) in [5.41, 5.74) is 1.97. The van der Waals surface area contributed by atoms with Gasteiger partial charge in [0.05, 0.1) is 25.7 Å². The van der Waals surface area contributed by atoms with Crippen molar-refractivity contribution >= 4 is 23.8 Å². The third-order valence-electron chi connectivity index (χ3n) is 4.55. The van der Waals surface area contributed by atoms with Crippen LogP contribution in [0.4, 0.5) is 0 Å². The lowest BCUT2D eigenvalue weighted by Crippen LogP contribution is -2.49. The molecule has 1 aliphatic heterocycles. The molecule has 0 saturated heterocycles. The van der Waals surface area contributed by atoms with Gasteiger partial charge in [0.15, 0.2) is 0 Å². The molecule has 0 fully saturated rings. The Kier molecular flexibility index (Phi) is 7.54. The molecule has 1 unspecified atom stereocenters. The zero-order valence-electron chi connectivity index (χ0n) is 16.4. The molecule has 0 spiro atoms. The van der Waals surface area contributed by atoms with E-state index in [2.05, 4.69) is 5.32 Å². The van der Waals surface area contributed by atoms with Gasteiger partial charge in [0.25, 0.3) is 0 Å². The molecule has 0 aromatic heterocycles. The Morgan fingerprint density at radius 2 is 1.71 bits per heavy atom. The average Bonchev–Trinajstić information content (AvgIpc) is 2.66. The first-order chi connectivity index (χ1) is 13.4. The molecule has 0 aliphatic carbocycles. The van der Waals surface area contributed by atoms with E-state index in [1.807, 2.05) is 24.3 Å². The van der Waals surface area contributed by atoms with Gasteiger partial charge in [0.2, 0.25) is 17.9 Å². The van der Waals surface area contributed by atoms with Crippen LogP contribution in [0.3, 0.4) is 0 Å². The van der Waals surface area contributed by atoms with Gasteiger partial charge >= 0.3 is 11.9 Å². The number of benzene rings is 1. The van der Waals surface area contributed by atoms with E-state index in [1.54, 1.807) is 18.7 Å². The van der Waals surface area contributed by atoms with Crippen molar-refractivity contribution in [2.24, 2.45) is 0 Å². The molecular formula is C20H26N2O6. The predicted octanol–water partition coefficient (Wildman–Crippen LogP) is 1.13. The first-order valence-electron chi connectivity index (χ1n) is 9.36. The molecule has 1 heterocycles. The van der Waals surface area contributed by atoms with E-state index in [0.717, 1.165) is 11.1 Å². The number of rotatable bonds is 7. The van der Waals surface area contributed by atoms with Crippen molar-refractivity contribution in [3.8, 4) is 0 Å². The van der Waals surface area contributed by atoms with E-state index in [-0.39, 0.29) is 25.5 Å². The number of esters is 2. The molecule has 2 rings (SSSR count). The first-order valence-corrected chi connectivity index (χ1v) is 9.36. The van der Waals surface area contributed by atoms with E-state index in [0.29, 0.717) is 13.0 Å². The molecule has 0 bridgehead atoms. The Morgan fingerprint density at radius 3 is 2.29 bits per heavy atom. The number of amides is 2. The maximum absolute atomic E-state index is 12.7. The fourth-order valence-electron chi connectivity index (χ4n) is 3.31. The number of ether oxygens (including phenoxy) is 2. The highest BCUT2D eigenvalue weighted by Crippen LogP contribution is 2.32. The summed E-state index contributed by atoms with van der Waals surface area (Å²) in [7, 11) is 0. The lowest BCUT2D eigenvalue weighted by Gasteiger charge is -2.36. The van der Waals surface area contributed by atoms with Gasteiger partial charge in [-0.15, -0.1) is 0 Å². The van der Waals surface area contributed by atoms with Crippen molar-refractivity contribution in [1.82, 2.24) is 10.2 Å². The lowest BCUT2D eigenvalue weighted by atomic mass is 9.90. The van der Waals surface area contributed by atoms with Crippen LogP contribution in [-0.2, 0) is 35.1 Å². The molecular weight excluding hydrogens is 364 g/mol. The molecule has 0 radical (unpaired) electrons. The largest absolute Gasteiger partial charge is 0.464 e. The number of hydrogen-bond donors (Lipinski definition) is 1. The maximum atomic E-state index is 12.7. The Labute approximate surface area is 164 Å². The zero-order chi connectivity index (χ0) is 20.7. The normalized spacial score (nSPS) is 15.6. The van der Waals surface area contributed by atoms with Gasteiger partial charge in [0, 0.05) is 13.5 Å². The smallest absolute Gasteiger partial charge is 0.340 e. The zero-order valence-corrected chi connectivity index (χ0v) is 16.4. The van der Waals surface area contributed by atoms with Gasteiger partial charge in [-0.1, -0.05) is 24.3 Å². The summed E-state index contributed by atoms with van der Waals surface area (Å²) < 4.78 is 9.72. The number of nitrogens with one attached hydrogen (secondary N) is 1. The number of carbonyl (C=O) groups excluding carboxylic acids is 4. The average molecular weight is 390 g/mol. The highest BCUT2D eigenvalue weighted by molar-refractivity contribution is 6.02. The second-order valence-corrected chi connectivity index (χ2v) is 6.39. The summed E-state index contributed by atoms with van der Waals surface area (Å²) in [6.07, 6.45) is 0.633. The van der Waals surface area contributed by atoms with E-state index >= 15 is 0 Å². The van der Waals surface area contributed by atoms with Gasteiger partial charge in [-0.05, 0) is 31.4 Å². The van der Waals surface area contributed by atoms with Crippen molar-refractivity contribution in [2.45, 2.75) is 45.7 Å². The topological polar surface area (TPSA) is 102 Å². The van der Waals surface area contributed by atoms with Crippen LogP contribution in [0.2, 0.25) is 0 Å². The lowest BCUT2D eigenvalue weighted by molar-refractivity contribution is -0.160. The Hall–Kier alpha value is -2.90. The molecule has 1 aliphatic rings. The van der Waals surface area contributed by atoms with E-state index < -0.39 is 29.9 Å². The minimum atomic E-state index is -1.53. The molecule has 1 aromatic rings. The van der Waals surface area contributed by atoms with Crippen LogP contribution in [0.1, 0.15) is 44.4 Å². The molecule has 2 amide bonds. The number of fused-ring (bicyclic) bond motifs is 1. The minimum absolute atomic E-state index is 0.0682. The predicted molar refractivity (Wildman–Crippen MR) is 100 cm³/mol. The fraction of sp³-hybridized carbons (Fsp3) is 0.500. The van der Waals surface area contributed by atoms with Crippen LogP contribution < -0.4 is 5.32 Å². The summed E-state index contributed by atoms with van der Waals surface area (Å²) in [5, 5.41) is 2.40. The second-order valence-electron chi connectivity index (χ2n) is 6.39. The van der Waals surface area contributed by atoms with Crippen molar-refractivity contribution in [3.05, 3.63) is 35.4 Å². The van der Waals surface area contributed by atoms with Gasteiger partial charge < -0.3 is 19.7 Å². The molecule has 1 N–H and O–H groups in total. The van der Waals surface area contributed by atoms with Gasteiger partial charge in [-0.2, -0.15) is 0 Å². The quantitative estimate of drug-likeness (QED) is 0.553. The highest BCUT2D eigenvalue weighted by Gasteiger charge is 2.35. The Balaban J connectivity index is 2.19. The fourth-order valence-corrected chi connectivity index (χ4v) is 3.31. The van der Waals surface area contributed by atoms with E-state index in [4.69, 9.17) is 9.47 Å². The van der Waals surface area contributed by atoms with Crippen molar-refractivity contribution in [2.75, 3.05) is 19.8 Å². The molecule has 1 aromatic carbocycles. The van der Waals surface area contributed by atoms with Crippen molar-refractivity contribution in [1.29, 1.82) is 0 Å². The Bertz CT molecular complexity index is 730. The molecule has 1 atom stereocenters. The van der Waals surface area contributed by atoms with Crippen LogP contribution in [0.15, 0.2) is 24.3 Å². The van der Waals surface area contributed by atoms with Crippen molar-refractivity contribution < 1.29 is 28.7 Å². The standard InChI is InChI=1S/C20H26N2O6/c1-4-27-19(25)18(20(26)28-5-2)21-17(24)12-16-15-9-7-6-8-14(15)10-11-22(16)13(3)23/h6-9,16,18H,4-5,10-12H2,1-3H3,(H,21,24). The molecule has 152 valence electrons. The van der Waals surface area contributed by atoms with Gasteiger partial charge in [-0.3, -0.25) is 9.59 Å². The van der Waals surface area contributed by atoms with Crippen LogP contribution in [0, 0.1) is 0 Å². The monoisotopic (exact) mass is 390 g/mol. The first kappa shape index (κ1) is 21.4. The summed E-state index contributed by atoms with van der Waals surface area (Å²) in [5.74, 6) is -2.43. The maximum Gasteiger partial charge on any atom is 0.340 e. The second kappa shape index (κ2) is 9.87. The third-order valence-corrected chi connectivity index (χ3v) is 4.55. The van der Waals surface area contributed by atoms with Crippen molar-refractivity contribution in [3.63, 3.8) is 0 Å². The van der Waals surface area contributed by atoms with E-state index in [9.17, 15) is 19.2 Å². The summed E-state index contributed by atoms with van der Waals surface area (Å²) in [6, 6.07) is 5.63. The van der Waals surface area contributed by atoms with Gasteiger partial charge in [-0.25, -0.2) is 9.59 Å². The molecule has 8 nitrogen and oxygen atoms in total. The van der Waals surface area contributed by atoms with Crippen LogP contribution >= 0.6 is 0 Å². The van der Waals surface area contributed by atoms with Crippen LogP contribution in [0.25, 0.3) is 0 Å². The van der Waals surface area contributed by atoms with E-state index in [1.165, 1.54) is 6.92 Å². The number of nitrogens with zero attached hydrogens (tertiary/aromatic N) is 1. The Morgan fingerprint density at radius 1 is 1.11 bits per heavy atom. The van der Waals surface area contributed by atoms with Crippen LogP contribution in [-0.4, -0.2) is 54.5 Å².